The molecule has 5 rings (SSSR count). The van der Waals surface area contributed by atoms with Gasteiger partial charge < -0.3 is 18.8 Å². The van der Waals surface area contributed by atoms with E-state index < -0.39 is 6.29 Å². The molecule has 0 N–H and O–H groups in total. The average molecular weight is 460 g/mol. The number of hydrogen-bond acceptors (Lipinski definition) is 5. The molecule has 2 fully saturated rings. The number of esters is 1. The third-order valence-corrected chi connectivity index (χ3v) is 7.91. The minimum atomic E-state index is -0.547. The van der Waals surface area contributed by atoms with Gasteiger partial charge >= 0.3 is 5.97 Å². The summed E-state index contributed by atoms with van der Waals surface area (Å²) in [6.45, 7) is 1.04. The van der Waals surface area contributed by atoms with E-state index in [1.165, 1.54) is 49.0 Å². The molecule has 1 aliphatic heterocycles. The quantitative estimate of drug-likeness (QED) is 0.421. The molecule has 1 saturated carbocycles. The highest BCUT2D eigenvalue weighted by atomic mass is 35.5. The Bertz CT molecular complexity index is 1110. The Morgan fingerprint density at radius 2 is 1.77 bits per heavy atom. The van der Waals surface area contributed by atoms with Gasteiger partial charge in [-0.2, -0.15) is 0 Å². The van der Waals surface area contributed by atoms with Crippen molar-refractivity contribution in [3.63, 3.8) is 0 Å². The summed E-state index contributed by atoms with van der Waals surface area (Å²) in [5.74, 6) is 0.128. The largest absolute Gasteiger partial charge is 0.465 e. The van der Waals surface area contributed by atoms with E-state index in [-0.39, 0.29) is 5.97 Å². The molecule has 31 heavy (non-hydrogen) atoms. The van der Waals surface area contributed by atoms with Gasteiger partial charge in [-0.15, -0.1) is 11.3 Å². The topological polar surface area (TPSA) is 49.7 Å². The van der Waals surface area contributed by atoms with Gasteiger partial charge in [0.05, 0.1) is 41.8 Å². The van der Waals surface area contributed by atoms with Crippen molar-refractivity contribution in [2.45, 2.75) is 44.3 Å². The van der Waals surface area contributed by atoms with Crippen LogP contribution in [0.2, 0.25) is 5.02 Å². The monoisotopic (exact) mass is 459 g/mol. The van der Waals surface area contributed by atoms with Crippen LogP contribution in [0, 0.1) is 0 Å². The van der Waals surface area contributed by atoms with Crippen LogP contribution in [0.25, 0.3) is 21.5 Å². The zero-order chi connectivity index (χ0) is 21.5. The smallest absolute Gasteiger partial charge is 0.348 e. The van der Waals surface area contributed by atoms with E-state index in [0.29, 0.717) is 24.0 Å². The molecule has 164 valence electrons. The van der Waals surface area contributed by atoms with Gasteiger partial charge in [-0.05, 0) is 42.0 Å². The lowest BCUT2D eigenvalue weighted by molar-refractivity contribution is -0.0436. The fourth-order valence-electron chi connectivity index (χ4n) is 5.07. The number of carbonyl (C=O) groups excluding carboxylic acids is 1. The summed E-state index contributed by atoms with van der Waals surface area (Å²) >= 11 is 7.69. The van der Waals surface area contributed by atoms with Gasteiger partial charge in [0.1, 0.15) is 4.88 Å². The molecule has 0 bridgehead atoms. The molecule has 0 atom stereocenters. The second kappa shape index (κ2) is 8.58. The van der Waals surface area contributed by atoms with Crippen molar-refractivity contribution in [1.29, 1.82) is 0 Å². The Kier molecular flexibility index (Phi) is 5.82. The molecule has 5 nitrogen and oxygen atoms in total. The van der Waals surface area contributed by atoms with Crippen molar-refractivity contribution < 1.29 is 19.0 Å². The molecule has 1 aliphatic carbocycles. The van der Waals surface area contributed by atoms with Gasteiger partial charge in [-0.3, -0.25) is 0 Å². The molecule has 1 saturated heterocycles. The van der Waals surface area contributed by atoms with Gasteiger partial charge in [0.2, 0.25) is 0 Å². The van der Waals surface area contributed by atoms with Crippen LogP contribution >= 0.6 is 22.9 Å². The Labute approximate surface area is 190 Å². The molecular weight excluding hydrogens is 434 g/mol. The molecule has 0 unspecified atom stereocenters. The lowest BCUT2D eigenvalue weighted by atomic mass is 9.83. The zero-order valence-corrected chi connectivity index (χ0v) is 19.4. The van der Waals surface area contributed by atoms with Crippen LogP contribution in [0.4, 0.5) is 0 Å². The summed E-state index contributed by atoms with van der Waals surface area (Å²) < 4.78 is 20.2. The third kappa shape index (κ3) is 3.59. The van der Waals surface area contributed by atoms with Crippen LogP contribution in [0.3, 0.4) is 0 Å². The molecule has 3 aromatic rings. The molecule has 3 heterocycles. The summed E-state index contributed by atoms with van der Waals surface area (Å²) in [7, 11) is 3.50. The molecule has 2 aliphatic rings. The lowest BCUT2D eigenvalue weighted by Gasteiger charge is -2.23. The molecule has 0 spiro atoms. The number of hydrogen-bond donors (Lipinski definition) is 0. The molecular formula is C24H26ClNO4S. The Hall–Kier alpha value is -1.86. The van der Waals surface area contributed by atoms with Gasteiger partial charge in [0.15, 0.2) is 6.29 Å². The second-order valence-corrected chi connectivity index (χ2v) is 9.71. The first-order chi connectivity index (χ1) is 15.1. The number of methoxy groups -OCH3 is 1. The number of halogens is 1. The molecule has 7 heteroatoms. The fraction of sp³-hybridized carbons (Fsp3) is 0.458. The maximum Gasteiger partial charge on any atom is 0.348 e. The summed E-state index contributed by atoms with van der Waals surface area (Å²) in [5.41, 5.74) is 5.47. The summed E-state index contributed by atoms with van der Waals surface area (Å²) in [5, 5.41) is 0.723. The van der Waals surface area contributed by atoms with Crippen LogP contribution in [0.5, 0.6) is 0 Å². The lowest BCUT2D eigenvalue weighted by Crippen LogP contribution is -2.09. The highest BCUT2D eigenvalue weighted by molar-refractivity contribution is 7.21. The van der Waals surface area contributed by atoms with Gasteiger partial charge in [0, 0.05) is 12.1 Å². The van der Waals surface area contributed by atoms with Crippen molar-refractivity contribution >= 4 is 39.1 Å². The van der Waals surface area contributed by atoms with E-state index in [1.54, 1.807) is 0 Å². The van der Waals surface area contributed by atoms with Gasteiger partial charge in [-0.1, -0.05) is 43.0 Å². The highest BCUT2D eigenvalue weighted by Gasteiger charge is 2.35. The average Bonchev–Trinajstić information content (AvgIpc) is 3.51. The Balaban J connectivity index is 1.80. The Morgan fingerprint density at radius 3 is 2.42 bits per heavy atom. The Morgan fingerprint density at radius 1 is 1.10 bits per heavy atom. The summed E-state index contributed by atoms with van der Waals surface area (Å²) in [4.78, 5) is 13.3. The third-order valence-electron chi connectivity index (χ3n) is 6.45. The maximum absolute atomic E-state index is 12.7. The van der Waals surface area contributed by atoms with E-state index in [0.717, 1.165) is 39.2 Å². The van der Waals surface area contributed by atoms with Crippen molar-refractivity contribution in [3.05, 3.63) is 45.3 Å². The zero-order valence-electron chi connectivity index (χ0n) is 17.8. The highest BCUT2D eigenvalue weighted by Crippen LogP contribution is 2.50. The standard InChI is InChI=1S/C24H26ClNO4S/c1-26-19(15-8-10-16(25)11-9-15)17(14-6-4-3-5-7-14)21-20(26)18(24-29-12-13-30-24)22(31-21)23(27)28-2/h8-11,14,24H,3-7,12-13H2,1-2H3. The first-order valence-electron chi connectivity index (χ1n) is 10.8. The predicted octanol–water partition coefficient (Wildman–Crippen LogP) is 6.44. The van der Waals surface area contributed by atoms with Crippen LogP contribution in [0.15, 0.2) is 24.3 Å². The number of benzene rings is 1. The van der Waals surface area contributed by atoms with Crippen LogP contribution < -0.4 is 0 Å². The predicted molar refractivity (Wildman–Crippen MR) is 123 cm³/mol. The normalized spacial score (nSPS) is 18.2. The number of thiophene rings is 1. The van der Waals surface area contributed by atoms with E-state index >= 15 is 0 Å². The number of aryl methyl sites for hydroxylation is 1. The number of carbonyl (C=O) groups is 1. The van der Waals surface area contributed by atoms with Crippen LogP contribution in [-0.2, 0) is 21.3 Å². The van der Waals surface area contributed by atoms with Crippen LogP contribution in [0.1, 0.15) is 65.1 Å². The summed E-state index contributed by atoms with van der Waals surface area (Å²) in [6, 6.07) is 8.03. The summed E-state index contributed by atoms with van der Waals surface area (Å²) in [6.07, 6.45) is 5.54. The second-order valence-electron chi connectivity index (χ2n) is 8.25. The molecule has 0 radical (unpaired) electrons. The molecule has 0 amide bonds. The minimum absolute atomic E-state index is 0.335. The van der Waals surface area contributed by atoms with Gasteiger partial charge in [0.25, 0.3) is 0 Å². The fourth-order valence-corrected chi connectivity index (χ4v) is 6.58. The first-order valence-corrected chi connectivity index (χ1v) is 12.0. The minimum Gasteiger partial charge on any atom is -0.465 e. The first kappa shape index (κ1) is 21.0. The van der Waals surface area contributed by atoms with E-state index in [9.17, 15) is 4.79 Å². The van der Waals surface area contributed by atoms with E-state index in [1.807, 2.05) is 12.1 Å². The number of rotatable bonds is 4. The molecule has 1 aromatic carbocycles. The van der Waals surface area contributed by atoms with Crippen LogP contribution in [-0.4, -0.2) is 30.9 Å². The SMILES string of the molecule is COC(=O)c1sc2c(C3CCCCC3)c(-c3ccc(Cl)cc3)n(C)c2c1C1OCCO1. The molecule has 2 aromatic heterocycles. The van der Waals surface area contributed by atoms with Crippen molar-refractivity contribution in [3.8, 4) is 11.3 Å². The number of ether oxygens (including phenoxy) is 3. The number of aromatic nitrogens is 1. The van der Waals surface area contributed by atoms with Crippen molar-refractivity contribution in [2.75, 3.05) is 20.3 Å². The van der Waals surface area contributed by atoms with E-state index in [2.05, 4.69) is 23.7 Å². The van der Waals surface area contributed by atoms with Crippen molar-refractivity contribution in [1.82, 2.24) is 4.57 Å². The number of fused-ring (bicyclic) bond motifs is 1. The van der Waals surface area contributed by atoms with Gasteiger partial charge in [-0.25, -0.2) is 4.79 Å². The van der Waals surface area contributed by atoms with Crippen molar-refractivity contribution in [2.24, 2.45) is 7.05 Å². The van der Waals surface area contributed by atoms with E-state index in [4.69, 9.17) is 25.8 Å². The number of nitrogens with zero attached hydrogens (tertiary/aromatic N) is 1. The maximum atomic E-state index is 12.7.